The Morgan fingerprint density at radius 2 is 0.750 bits per heavy atom. The van der Waals surface area contributed by atoms with Gasteiger partial charge in [-0.3, -0.25) is 0 Å². The molecule has 6 aromatic rings. The third kappa shape index (κ3) is 5.87. The summed E-state index contributed by atoms with van der Waals surface area (Å²) in [4.78, 5) is 0. The second-order valence-corrected chi connectivity index (χ2v) is 8.63. The van der Waals surface area contributed by atoms with Crippen LogP contribution in [0.25, 0.3) is 33.2 Å². The van der Waals surface area contributed by atoms with Gasteiger partial charge in [0.2, 0.25) is 0 Å². The quantitative estimate of drug-likeness (QED) is 0.181. The van der Waals surface area contributed by atoms with Crippen LogP contribution in [-0.2, 0) is 0 Å². The first-order chi connectivity index (χ1) is 17.9. The molecule has 0 heteroatoms. The summed E-state index contributed by atoms with van der Waals surface area (Å²) in [7, 11) is 0. The van der Waals surface area contributed by atoms with Gasteiger partial charge in [0.15, 0.2) is 0 Å². The molecule has 0 heterocycles. The molecule has 172 valence electrons. The van der Waals surface area contributed by atoms with Gasteiger partial charge in [-0.15, -0.1) is 0 Å². The minimum atomic E-state index is 1.21. The molecule has 0 spiro atoms. The summed E-state index contributed by atoms with van der Waals surface area (Å²) in [6.45, 7) is 0. The zero-order chi connectivity index (χ0) is 24.4. The van der Waals surface area contributed by atoms with Crippen molar-refractivity contribution in [1.29, 1.82) is 0 Å². The fourth-order valence-electron chi connectivity index (χ4n) is 4.30. The number of fused-ring (bicyclic) bond motifs is 2. The molecule has 0 aromatic heterocycles. The maximum absolute atomic E-state index is 2.24. The first-order valence-corrected chi connectivity index (χ1v) is 12.3. The van der Waals surface area contributed by atoms with Crippen LogP contribution in [0.3, 0.4) is 0 Å². The van der Waals surface area contributed by atoms with Crippen molar-refractivity contribution >= 4 is 33.2 Å². The number of hydrogen-bond acceptors (Lipinski definition) is 0. The molecule has 0 aliphatic rings. The lowest BCUT2D eigenvalue weighted by atomic mass is 9.97. The van der Waals surface area contributed by atoms with Gasteiger partial charge in [0, 0.05) is 0 Å². The first-order valence-electron chi connectivity index (χ1n) is 12.3. The SMILES string of the molecule is C(=Cc1ccccc1)C=C(c1ccccc1)c1ccccc1.c1ccc2cc3ccccc3cc2c1. The average Bonchev–Trinajstić information content (AvgIpc) is 2.96. The fraction of sp³-hybridized carbons (Fsp3) is 0. The summed E-state index contributed by atoms with van der Waals surface area (Å²) in [6, 6.07) is 52.8. The second-order valence-electron chi connectivity index (χ2n) is 8.63. The monoisotopic (exact) mass is 460 g/mol. The zero-order valence-electron chi connectivity index (χ0n) is 20.2. The summed E-state index contributed by atoms with van der Waals surface area (Å²) >= 11 is 0. The van der Waals surface area contributed by atoms with Gasteiger partial charge in [0.1, 0.15) is 0 Å². The van der Waals surface area contributed by atoms with E-state index < -0.39 is 0 Å². The highest BCUT2D eigenvalue weighted by Gasteiger charge is 2.02. The van der Waals surface area contributed by atoms with E-state index in [-0.39, 0.29) is 0 Å². The third-order valence-corrected chi connectivity index (χ3v) is 6.13. The molecule has 0 unspecified atom stereocenters. The minimum Gasteiger partial charge on any atom is -0.0622 e. The molecule has 0 N–H and O–H groups in total. The molecule has 0 aliphatic carbocycles. The number of benzene rings is 6. The number of rotatable bonds is 4. The molecule has 0 amide bonds. The first kappa shape index (κ1) is 23.1. The van der Waals surface area contributed by atoms with Gasteiger partial charge >= 0.3 is 0 Å². The summed E-state index contributed by atoms with van der Waals surface area (Å²) in [6.07, 6.45) is 6.42. The van der Waals surface area contributed by atoms with Crippen molar-refractivity contribution in [2.45, 2.75) is 0 Å². The normalized spacial score (nSPS) is 10.7. The zero-order valence-corrected chi connectivity index (χ0v) is 20.2. The summed E-state index contributed by atoms with van der Waals surface area (Å²) < 4.78 is 0. The van der Waals surface area contributed by atoms with Gasteiger partial charge in [-0.2, -0.15) is 0 Å². The van der Waals surface area contributed by atoms with Crippen LogP contribution in [0.5, 0.6) is 0 Å². The fourth-order valence-corrected chi connectivity index (χ4v) is 4.30. The standard InChI is InChI=1S/C22H18.C14H10/c1-4-11-19(12-5-1)13-10-18-22(20-14-6-2-7-15-20)21-16-8-3-9-17-21;1-2-6-12-10-14-8-4-3-7-13(14)9-11(12)5-1/h1-18H;1-10H. The second kappa shape index (κ2) is 11.6. The van der Waals surface area contributed by atoms with Gasteiger partial charge in [-0.05, 0) is 55.9 Å². The molecular weight excluding hydrogens is 432 g/mol. The maximum atomic E-state index is 2.24. The van der Waals surface area contributed by atoms with E-state index in [0.29, 0.717) is 0 Å². The van der Waals surface area contributed by atoms with E-state index in [1.165, 1.54) is 43.8 Å². The van der Waals surface area contributed by atoms with Crippen molar-refractivity contribution in [1.82, 2.24) is 0 Å². The molecule has 0 nitrogen and oxygen atoms in total. The highest BCUT2D eigenvalue weighted by molar-refractivity contribution is 5.98. The smallest absolute Gasteiger partial charge is 0.0111 e. The van der Waals surface area contributed by atoms with Crippen LogP contribution in [0.1, 0.15) is 16.7 Å². The van der Waals surface area contributed by atoms with Crippen LogP contribution < -0.4 is 0 Å². The van der Waals surface area contributed by atoms with Gasteiger partial charge in [0.25, 0.3) is 0 Å². The Morgan fingerprint density at radius 1 is 0.389 bits per heavy atom. The molecule has 0 fully saturated rings. The van der Waals surface area contributed by atoms with Gasteiger partial charge in [-0.25, -0.2) is 0 Å². The summed E-state index contributed by atoms with van der Waals surface area (Å²) in [5.74, 6) is 0. The lowest BCUT2D eigenvalue weighted by Gasteiger charge is -2.07. The molecule has 0 saturated carbocycles. The molecule has 0 saturated heterocycles. The Labute approximate surface area is 213 Å². The largest absolute Gasteiger partial charge is 0.0622 e. The van der Waals surface area contributed by atoms with Crippen molar-refractivity contribution in [3.63, 3.8) is 0 Å². The van der Waals surface area contributed by atoms with Crippen LogP contribution in [0.2, 0.25) is 0 Å². The van der Waals surface area contributed by atoms with Crippen LogP contribution in [0, 0.1) is 0 Å². The van der Waals surface area contributed by atoms with E-state index in [9.17, 15) is 0 Å². The Kier molecular flexibility index (Phi) is 7.46. The van der Waals surface area contributed by atoms with E-state index in [4.69, 9.17) is 0 Å². The van der Waals surface area contributed by atoms with Crippen LogP contribution in [0.4, 0.5) is 0 Å². The maximum Gasteiger partial charge on any atom is -0.0111 e. The van der Waals surface area contributed by atoms with Gasteiger partial charge in [0.05, 0.1) is 0 Å². The molecule has 0 atom stereocenters. The predicted molar refractivity (Wildman–Crippen MR) is 157 cm³/mol. The number of allylic oxidation sites excluding steroid dienone is 2. The molecule has 36 heavy (non-hydrogen) atoms. The van der Waals surface area contributed by atoms with E-state index in [1.807, 2.05) is 18.2 Å². The van der Waals surface area contributed by atoms with E-state index in [0.717, 1.165) is 0 Å². The van der Waals surface area contributed by atoms with Crippen LogP contribution in [-0.4, -0.2) is 0 Å². The highest BCUT2D eigenvalue weighted by atomic mass is 14.1. The Balaban J connectivity index is 0.000000163. The number of hydrogen-bond donors (Lipinski definition) is 0. The van der Waals surface area contributed by atoms with Crippen molar-refractivity contribution in [3.8, 4) is 0 Å². The van der Waals surface area contributed by atoms with Gasteiger partial charge in [-0.1, -0.05) is 158 Å². The topological polar surface area (TPSA) is 0 Å². The summed E-state index contributed by atoms with van der Waals surface area (Å²) in [5.41, 5.74) is 4.89. The predicted octanol–water partition coefficient (Wildman–Crippen LogP) is 9.82. The van der Waals surface area contributed by atoms with Crippen molar-refractivity contribution in [2.75, 3.05) is 0 Å². The molecule has 0 radical (unpaired) electrons. The highest BCUT2D eigenvalue weighted by Crippen LogP contribution is 2.24. The molecule has 0 bridgehead atoms. The molecule has 6 rings (SSSR count). The van der Waals surface area contributed by atoms with E-state index >= 15 is 0 Å². The van der Waals surface area contributed by atoms with Crippen molar-refractivity contribution in [2.24, 2.45) is 0 Å². The summed E-state index contributed by atoms with van der Waals surface area (Å²) in [5, 5.41) is 5.25. The molecule has 6 aromatic carbocycles. The Bertz CT molecular complexity index is 1450. The van der Waals surface area contributed by atoms with Crippen molar-refractivity contribution in [3.05, 3.63) is 181 Å². The minimum absolute atomic E-state index is 1.21. The lowest BCUT2D eigenvalue weighted by molar-refractivity contribution is 1.55. The van der Waals surface area contributed by atoms with Gasteiger partial charge < -0.3 is 0 Å². The van der Waals surface area contributed by atoms with Crippen LogP contribution >= 0.6 is 0 Å². The lowest BCUT2D eigenvalue weighted by Crippen LogP contribution is -1.86. The third-order valence-electron chi connectivity index (χ3n) is 6.13. The van der Waals surface area contributed by atoms with E-state index in [1.54, 1.807) is 0 Å². The van der Waals surface area contributed by atoms with Crippen molar-refractivity contribution < 1.29 is 0 Å². The molecular formula is C36H28. The van der Waals surface area contributed by atoms with E-state index in [2.05, 4.69) is 152 Å². The van der Waals surface area contributed by atoms with Crippen LogP contribution in [0.15, 0.2) is 164 Å². The Morgan fingerprint density at radius 3 is 1.17 bits per heavy atom. The average molecular weight is 461 g/mol. The Hall–Kier alpha value is -4.68. The molecule has 0 aliphatic heterocycles.